The van der Waals surface area contributed by atoms with E-state index in [0.29, 0.717) is 11.8 Å². The first-order valence-corrected chi connectivity index (χ1v) is 13.4. The molecule has 6 heteroatoms. The fraction of sp³-hybridized carbons (Fsp3) is 0.643. The van der Waals surface area contributed by atoms with E-state index in [1.807, 2.05) is 10.8 Å². The van der Waals surface area contributed by atoms with Gasteiger partial charge in [-0.2, -0.15) is 0 Å². The summed E-state index contributed by atoms with van der Waals surface area (Å²) in [5.74, 6) is 2.24. The summed E-state index contributed by atoms with van der Waals surface area (Å²) in [6.45, 7) is 6.65. The fourth-order valence-electron chi connectivity index (χ4n) is 5.85. The molecule has 5 rings (SSSR count). The molecule has 1 saturated heterocycles. The Balaban J connectivity index is 1.22. The molecule has 2 aliphatic heterocycles. The maximum atomic E-state index is 12.9. The molecule has 1 aromatic heterocycles. The number of imidazole rings is 1. The van der Waals surface area contributed by atoms with Crippen LogP contribution in [0.2, 0.25) is 0 Å². The smallest absolute Gasteiger partial charge is 0.224 e. The van der Waals surface area contributed by atoms with Crippen molar-refractivity contribution in [1.82, 2.24) is 19.4 Å². The molecule has 2 fully saturated rings. The Morgan fingerprint density at radius 3 is 2.74 bits per heavy atom. The van der Waals surface area contributed by atoms with Gasteiger partial charge in [0.25, 0.3) is 0 Å². The molecule has 34 heavy (non-hydrogen) atoms. The molecule has 1 aromatic carbocycles. The molecule has 3 aliphatic rings. The van der Waals surface area contributed by atoms with Gasteiger partial charge in [0, 0.05) is 58.1 Å². The van der Waals surface area contributed by atoms with Crippen LogP contribution in [0.15, 0.2) is 43.0 Å². The Kier molecular flexibility index (Phi) is 7.53. The minimum absolute atomic E-state index is 0.288. The van der Waals surface area contributed by atoms with Crippen molar-refractivity contribution in [1.29, 1.82) is 0 Å². The zero-order chi connectivity index (χ0) is 23.2. The van der Waals surface area contributed by atoms with Gasteiger partial charge in [-0.25, -0.2) is 4.98 Å². The van der Waals surface area contributed by atoms with E-state index < -0.39 is 0 Å². The van der Waals surface area contributed by atoms with E-state index in [1.165, 1.54) is 44.2 Å². The predicted octanol–water partition coefficient (Wildman–Crippen LogP) is 4.40. The van der Waals surface area contributed by atoms with E-state index in [9.17, 15) is 4.79 Å². The number of piperidine rings is 1. The second-order valence-electron chi connectivity index (χ2n) is 10.8. The van der Waals surface area contributed by atoms with Gasteiger partial charge in [-0.1, -0.05) is 24.6 Å². The molecule has 2 aromatic rings. The highest BCUT2D eigenvalue weighted by Crippen LogP contribution is 2.40. The number of para-hydroxylation sites is 1. The molecule has 6 nitrogen and oxygen atoms in total. The molecule has 1 amide bonds. The van der Waals surface area contributed by atoms with Gasteiger partial charge >= 0.3 is 0 Å². The lowest BCUT2D eigenvalue weighted by atomic mass is 9.73. The maximum absolute atomic E-state index is 12.9. The van der Waals surface area contributed by atoms with E-state index in [-0.39, 0.29) is 5.91 Å². The van der Waals surface area contributed by atoms with Gasteiger partial charge in [0.15, 0.2) is 0 Å². The van der Waals surface area contributed by atoms with Crippen LogP contribution in [0.25, 0.3) is 0 Å². The molecule has 3 heterocycles. The average Bonchev–Trinajstić information content (AvgIpc) is 3.51. The van der Waals surface area contributed by atoms with Gasteiger partial charge in [-0.15, -0.1) is 0 Å². The van der Waals surface area contributed by atoms with E-state index in [2.05, 4.69) is 39.0 Å². The number of likely N-dealkylation sites (tertiary alicyclic amines) is 1. The molecule has 0 unspecified atom stereocenters. The molecular formula is C28H40N4O2. The second kappa shape index (κ2) is 10.9. The third-order valence-corrected chi connectivity index (χ3v) is 8.13. The van der Waals surface area contributed by atoms with Crippen LogP contribution in [-0.2, 0) is 17.8 Å². The third kappa shape index (κ3) is 6.21. The molecular weight excluding hydrogens is 424 g/mol. The Labute approximate surface area is 204 Å². The van der Waals surface area contributed by atoms with E-state index in [4.69, 9.17) is 4.74 Å². The normalized spacial score (nSPS) is 21.8. The monoisotopic (exact) mass is 464 g/mol. The summed E-state index contributed by atoms with van der Waals surface area (Å²) in [5, 5.41) is 0. The van der Waals surface area contributed by atoms with Gasteiger partial charge in [-0.3, -0.25) is 9.69 Å². The minimum atomic E-state index is 0.288. The largest absolute Gasteiger partial charge is 0.492 e. The zero-order valence-electron chi connectivity index (χ0n) is 20.5. The van der Waals surface area contributed by atoms with Crippen molar-refractivity contribution >= 4 is 5.91 Å². The highest BCUT2D eigenvalue weighted by Gasteiger charge is 2.38. The quantitative estimate of drug-likeness (QED) is 0.658. The third-order valence-electron chi connectivity index (χ3n) is 8.13. The number of aryl methyl sites for hydroxylation is 2. The Morgan fingerprint density at radius 2 is 1.94 bits per heavy atom. The number of aromatic nitrogens is 2. The van der Waals surface area contributed by atoms with Crippen LogP contribution in [0.5, 0.6) is 5.75 Å². The van der Waals surface area contributed by atoms with Crippen molar-refractivity contribution in [2.45, 2.75) is 64.3 Å². The molecule has 0 radical (unpaired) electrons. The van der Waals surface area contributed by atoms with Crippen LogP contribution in [0.4, 0.5) is 0 Å². The van der Waals surface area contributed by atoms with Crippen molar-refractivity contribution in [3.63, 3.8) is 0 Å². The molecule has 0 bridgehead atoms. The number of amides is 1. The van der Waals surface area contributed by atoms with Crippen molar-refractivity contribution in [2.75, 3.05) is 39.3 Å². The first-order chi connectivity index (χ1) is 16.7. The topological polar surface area (TPSA) is 50.6 Å². The summed E-state index contributed by atoms with van der Waals surface area (Å²) in [5.41, 5.74) is 1.68. The lowest BCUT2D eigenvalue weighted by Crippen LogP contribution is -2.49. The number of rotatable bonds is 5. The van der Waals surface area contributed by atoms with Crippen LogP contribution >= 0.6 is 0 Å². The Bertz CT molecular complexity index is 916. The van der Waals surface area contributed by atoms with Crippen LogP contribution in [0.3, 0.4) is 0 Å². The van der Waals surface area contributed by atoms with Gasteiger partial charge in [0.05, 0.1) is 6.33 Å². The van der Waals surface area contributed by atoms with Crippen molar-refractivity contribution in [3.8, 4) is 5.75 Å². The van der Waals surface area contributed by atoms with Gasteiger partial charge in [0.2, 0.25) is 5.91 Å². The van der Waals surface area contributed by atoms with Crippen LogP contribution in [0, 0.1) is 11.3 Å². The number of nitrogens with zero attached hydrogens (tertiary/aromatic N) is 4. The fourth-order valence-corrected chi connectivity index (χ4v) is 5.85. The van der Waals surface area contributed by atoms with Gasteiger partial charge < -0.3 is 14.2 Å². The molecule has 1 saturated carbocycles. The first-order valence-electron chi connectivity index (χ1n) is 13.4. The molecule has 1 spiro atoms. The first kappa shape index (κ1) is 23.4. The number of ether oxygens (including phenoxy) is 1. The summed E-state index contributed by atoms with van der Waals surface area (Å²) in [4.78, 5) is 21.8. The molecule has 1 aliphatic carbocycles. The number of hydrogen-bond donors (Lipinski definition) is 0. The minimum Gasteiger partial charge on any atom is -0.492 e. The number of carbonyl (C=O) groups excluding carboxylic acids is 1. The van der Waals surface area contributed by atoms with Crippen LogP contribution in [-0.4, -0.2) is 64.6 Å². The number of carbonyl (C=O) groups is 1. The molecule has 184 valence electrons. The average molecular weight is 465 g/mol. The highest BCUT2D eigenvalue weighted by atomic mass is 16.5. The SMILES string of the molecule is O=C(CCn1ccnc1)N1CCC2(CCCCc3ccccc3OCCN(CC3CC3)C2)CC1. The number of fused-ring (bicyclic) bond motifs is 1. The lowest BCUT2D eigenvalue weighted by Gasteiger charge is -2.45. The van der Waals surface area contributed by atoms with Crippen molar-refractivity contribution in [3.05, 3.63) is 48.5 Å². The summed E-state index contributed by atoms with van der Waals surface area (Å²) < 4.78 is 8.27. The van der Waals surface area contributed by atoms with Crippen molar-refractivity contribution < 1.29 is 9.53 Å². The standard InChI is InChI=1S/C28H40N4O2/c33-27(10-15-30-18-14-29-23-30)32-16-12-28(13-17-32)11-4-3-6-25-5-1-2-7-26(25)34-20-19-31(22-28)21-24-8-9-24/h1-2,5,7,14,18,23-24H,3-4,6,8-13,15-17,19-22H2. The lowest BCUT2D eigenvalue weighted by molar-refractivity contribution is -0.134. The summed E-state index contributed by atoms with van der Waals surface area (Å²) in [7, 11) is 0. The molecule has 0 N–H and O–H groups in total. The van der Waals surface area contributed by atoms with E-state index in [1.54, 1.807) is 12.5 Å². The second-order valence-corrected chi connectivity index (χ2v) is 10.8. The maximum Gasteiger partial charge on any atom is 0.224 e. The van der Waals surface area contributed by atoms with E-state index >= 15 is 0 Å². The number of hydrogen-bond acceptors (Lipinski definition) is 4. The summed E-state index contributed by atoms with van der Waals surface area (Å²) in [6, 6.07) is 8.58. The predicted molar refractivity (Wildman–Crippen MR) is 134 cm³/mol. The van der Waals surface area contributed by atoms with Crippen LogP contribution in [0.1, 0.15) is 56.9 Å². The summed E-state index contributed by atoms with van der Waals surface area (Å²) in [6.07, 6.45) is 15.9. The summed E-state index contributed by atoms with van der Waals surface area (Å²) >= 11 is 0. The van der Waals surface area contributed by atoms with Gasteiger partial charge in [-0.05, 0) is 67.9 Å². The number of benzene rings is 1. The Morgan fingerprint density at radius 1 is 1.09 bits per heavy atom. The van der Waals surface area contributed by atoms with Crippen LogP contribution < -0.4 is 4.74 Å². The van der Waals surface area contributed by atoms with Crippen molar-refractivity contribution in [2.24, 2.45) is 11.3 Å². The molecule has 0 atom stereocenters. The van der Waals surface area contributed by atoms with Gasteiger partial charge in [0.1, 0.15) is 12.4 Å². The highest BCUT2D eigenvalue weighted by molar-refractivity contribution is 5.76. The zero-order valence-corrected chi connectivity index (χ0v) is 20.5. The van der Waals surface area contributed by atoms with E-state index in [0.717, 1.165) is 70.3 Å². The Hall–Kier alpha value is -2.34.